The van der Waals surface area contributed by atoms with E-state index >= 15 is 0 Å². The Balaban J connectivity index is 1.80. The van der Waals surface area contributed by atoms with Gasteiger partial charge in [0.2, 0.25) is 0 Å². The Morgan fingerprint density at radius 1 is 1.00 bits per heavy atom. The number of nitrogens with zero attached hydrogens (tertiary/aromatic N) is 1. The minimum absolute atomic E-state index is 0.382. The second-order valence-electron chi connectivity index (χ2n) is 3.54. The molecule has 2 aromatic rings. The van der Waals surface area contributed by atoms with Gasteiger partial charge in [0.25, 0.3) is 0 Å². The molecule has 2 rings (SSSR count). The normalized spacial score (nSPS) is 9.78. The first kappa shape index (κ1) is 12.1. The van der Waals surface area contributed by atoms with Gasteiger partial charge < -0.3 is 9.47 Å². The standard InChI is InChI=1S/C14H13NO3/c16-11-12-3-1-2-4-14(12)18-10-9-17-13-5-7-15-8-6-13/h1-8,11H,9-10H2. The number of benzene rings is 1. The van der Waals surface area contributed by atoms with Gasteiger partial charge in [-0.3, -0.25) is 9.78 Å². The Hall–Kier alpha value is -2.36. The van der Waals surface area contributed by atoms with Crippen LogP contribution < -0.4 is 9.47 Å². The molecule has 0 saturated heterocycles. The van der Waals surface area contributed by atoms with E-state index in [4.69, 9.17) is 9.47 Å². The van der Waals surface area contributed by atoms with Crippen molar-refractivity contribution in [1.29, 1.82) is 0 Å². The summed E-state index contributed by atoms with van der Waals surface area (Å²) in [6.07, 6.45) is 4.11. The largest absolute Gasteiger partial charge is 0.490 e. The lowest BCUT2D eigenvalue weighted by atomic mass is 10.2. The zero-order chi connectivity index (χ0) is 12.6. The molecular weight excluding hydrogens is 230 g/mol. The number of carbonyl (C=O) groups is 1. The number of pyridine rings is 1. The molecule has 0 aliphatic carbocycles. The maximum Gasteiger partial charge on any atom is 0.153 e. The van der Waals surface area contributed by atoms with Crippen molar-refractivity contribution in [1.82, 2.24) is 4.98 Å². The monoisotopic (exact) mass is 243 g/mol. The predicted octanol–water partition coefficient (Wildman–Crippen LogP) is 2.35. The molecule has 18 heavy (non-hydrogen) atoms. The number of aromatic nitrogens is 1. The zero-order valence-corrected chi connectivity index (χ0v) is 9.78. The first-order chi connectivity index (χ1) is 8.90. The fourth-order valence-electron chi connectivity index (χ4n) is 1.45. The summed E-state index contributed by atoms with van der Waals surface area (Å²) in [6, 6.07) is 10.6. The molecule has 92 valence electrons. The van der Waals surface area contributed by atoms with Crippen molar-refractivity contribution in [2.24, 2.45) is 0 Å². The molecule has 0 saturated carbocycles. The third kappa shape index (κ3) is 3.31. The Labute approximate surface area is 105 Å². The van der Waals surface area contributed by atoms with Crippen molar-refractivity contribution in [3.05, 3.63) is 54.4 Å². The van der Waals surface area contributed by atoms with Crippen molar-refractivity contribution < 1.29 is 14.3 Å². The van der Waals surface area contributed by atoms with Crippen LogP contribution in [0, 0.1) is 0 Å². The number of aldehydes is 1. The second kappa shape index (κ2) is 6.39. The summed E-state index contributed by atoms with van der Waals surface area (Å²) in [5.74, 6) is 1.32. The SMILES string of the molecule is O=Cc1ccccc1OCCOc1ccncc1. The van der Waals surface area contributed by atoms with Crippen LogP contribution in [0.1, 0.15) is 10.4 Å². The summed E-state index contributed by atoms with van der Waals surface area (Å²) in [5.41, 5.74) is 0.543. The molecule has 0 aliphatic rings. The Bertz CT molecular complexity index is 499. The second-order valence-corrected chi connectivity index (χ2v) is 3.54. The number of hydrogen-bond donors (Lipinski definition) is 0. The molecule has 0 unspecified atom stereocenters. The Morgan fingerprint density at radius 3 is 2.50 bits per heavy atom. The highest BCUT2D eigenvalue weighted by molar-refractivity contribution is 5.79. The van der Waals surface area contributed by atoms with Crippen molar-refractivity contribution in [2.75, 3.05) is 13.2 Å². The molecule has 0 aliphatic heterocycles. The molecular formula is C14H13NO3. The van der Waals surface area contributed by atoms with Gasteiger partial charge in [0.15, 0.2) is 6.29 Å². The van der Waals surface area contributed by atoms with Crippen LogP contribution in [-0.2, 0) is 0 Å². The lowest BCUT2D eigenvalue weighted by Crippen LogP contribution is -2.09. The minimum atomic E-state index is 0.382. The molecule has 0 bridgehead atoms. The lowest BCUT2D eigenvalue weighted by Gasteiger charge is -2.09. The van der Waals surface area contributed by atoms with E-state index in [1.807, 2.05) is 6.07 Å². The van der Waals surface area contributed by atoms with Gasteiger partial charge in [0.1, 0.15) is 24.7 Å². The molecule has 4 heteroatoms. The van der Waals surface area contributed by atoms with Crippen molar-refractivity contribution in [3.63, 3.8) is 0 Å². The van der Waals surface area contributed by atoms with Crippen LogP contribution >= 0.6 is 0 Å². The van der Waals surface area contributed by atoms with E-state index in [0.717, 1.165) is 12.0 Å². The van der Waals surface area contributed by atoms with E-state index in [1.54, 1.807) is 42.7 Å². The first-order valence-corrected chi connectivity index (χ1v) is 5.60. The summed E-state index contributed by atoms with van der Waals surface area (Å²) in [4.78, 5) is 14.7. The fourth-order valence-corrected chi connectivity index (χ4v) is 1.45. The molecule has 0 amide bonds. The van der Waals surface area contributed by atoms with Gasteiger partial charge in [-0.15, -0.1) is 0 Å². The van der Waals surface area contributed by atoms with Crippen LogP contribution in [0.25, 0.3) is 0 Å². The molecule has 0 atom stereocenters. The highest BCUT2D eigenvalue weighted by Crippen LogP contribution is 2.15. The molecule has 1 aromatic carbocycles. The van der Waals surface area contributed by atoms with Crippen LogP contribution in [0.3, 0.4) is 0 Å². The summed E-state index contributed by atoms with van der Waals surface area (Å²) >= 11 is 0. The molecule has 1 aromatic heterocycles. The molecule has 0 radical (unpaired) electrons. The van der Waals surface area contributed by atoms with Crippen LogP contribution in [-0.4, -0.2) is 24.5 Å². The highest BCUT2D eigenvalue weighted by atomic mass is 16.5. The van der Waals surface area contributed by atoms with Crippen molar-refractivity contribution in [2.45, 2.75) is 0 Å². The van der Waals surface area contributed by atoms with Crippen LogP contribution in [0.15, 0.2) is 48.8 Å². The van der Waals surface area contributed by atoms with E-state index in [-0.39, 0.29) is 0 Å². The van der Waals surface area contributed by atoms with Gasteiger partial charge in [0.05, 0.1) is 5.56 Å². The molecule has 0 spiro atoms. The predicted molar refractivity (Wildman–Crippen MR) is 67.1 cm³/mol. The number of carbonyl (C=O) groups excluding carboxylic acids is 1. The number of hydrogen-bond acceptors (Lipinski definition) is 4. The summed E-state index contributed by atoms with van der Waals surface area (Å²) in [6.45, 7) is 0.796. The lowest BCUT2D eigenvalue weighted by molar-refractivity contribution is 0.111. The number of para-hydroxylation sites is 1. The highest BCUT2D eigenvalue weighted by Gasteiger charge is 2.01. The average Bonchev–Trinajstić information content (AvgIpc) is 2.45. The summed E-state index contributed by atoms with van der Waals surface area (Å²) in [5, 5.41) is 0. The number of rotatable bonds is 6. The van der Waals surface area contributed by atoms with Crippen LogP contribution in [0.4, 0.5) is 0 Å². The van der Waals surface area contributed by atoms with Crippen LogP contribution in [0.2, 0.25) is 0 Å². The first-order valence-electron chi connectivity index (χ1n) is 5.60. The van der Waals surface area contributed by atoms with E-state index in [1.165, 1.54) is 0 Å². The van der Waals surface area contributed by atoms with E-state index in [0.29, 0.717) is 24.5 Å². The van der Waals surface area contributed by atoms with E-state index < -0.39 is 0 Å². The molecule has 1 heterocycles. The average molecular weight is 243 g/mol. The van der Waals surface area contributed by atoms with Gasteiger partial charge in [-0.2, -0.15) is 0 Å². The molecule has 4 nitrogen and oxygen atoms in total. The maximum atomic E-state index is 10.8. The van der Waals surface area contributed by atoms with Crippen molar-refractivity contribution >= 4 is 6.29 Å². The fraction of sp³-hybridized carbons (Fsp3) is 0.143. The Morgan fingerprint density at radius 2 is 1.72 bits per heavy atom. The molecule has 0 fully saturated rings. The van der Waals surface area contributed by atoms with Gasteiger partial charge in [-0.05, 0) is 24.3 Å². The van der Waals surface area contributed by atoms with Gasteiger partial charge in [-0.25, -0.2) is 0 Å². The van der Waals surface area contributed by atoms with E-state index in [2.05, 4.69) is 4.98 Å². The summed E-state index contributed by atoms with van der Waals surface area (Å²) in [7, 11) is 0. The minimum Gasteiger partial charge on any atom is -0.490 e. The van der Waals surface area contributed by atoms with E-state index in [9.17, 15) is 4.79 Å². The Kier molecular flexibility index (Phi) is 4.30. The summed E-state index contributed by atoms with van der Waals surface area (Å²) < 4.78 is 10.9. The van der Waals surface area contributed by atoms with Gasteiger partial charge in [0, 0.05) is 12.4 Å². The molecule has 0 N–H and O–H groups in total. The zero-order valence-electron chi connectivity index (χ0n) is 9.78. The van der Waals surface area contributed by atoms with Crippen molar-refractivity contribution in [3.8, 4) is 11.5 Å². The third-order valence-corrected chi connectivity index (χ3v) is 2.31. The maximum absolute atomic E-state index is 10.8. The number of ether oxygens (including phenoxy) is 2. The third-order valence-electron chi connectivity index (χ3n) is 2.31. The quantitative estimate of drug-likeness (QED) is 0.577. The smallest absolute Gasteiger partial charge is 0.153 e. The topological polar surface area (TPSA) is 48.4 Å². The van der Waals surface area contributed by atoms with Gasteiger partial charge >= 0.3 is 0 Å². The van der Waals surface area contributed by atoms with Crippen LogP contribution in [0.5, 0.6) is 11.5 Å². The van der Waals surface area contributed by atoms with Gasteiger partial charge in [-0.1, -0.05) is 12.1 Å².